The summed E-state index contributed by atoms with van der Waals surface area (Å²) in [5.41, 5.74) is 5.59. The molecule has 3 N–H and O–H groups in total. The van der Waals surface area contributed by atoms with Crippen LogP contribution in [0.15, 0.2) is 0 Å². The average Bonchev–Trinajstić information content (AvgIpc) is 2.65. The molecule has 1 rings (SSSR count). The Bertz CT molecular complexity index is 307. The van der Waals surface area contributed by atoms with Gasteiger partial charge in [-0.15, -0.1) is 10.2 Å². The maximum atomic E-state index is 5.59. The molecule has 0 aliphatic carbocycles. The number of nitrogens with zero attached hydrogens (tertiary/aromatic N) is 3. The van der Waals surface area contributed by atoms with E-state index >= 15 is 0 Å². The van der Waals surface area contributed by atoms with E-state index < -0.39 is 0 Å². The van der Waals surface area contributed by atoms with Gasteiger partial charge in [0.1, 0.15) is 5.82 Å². The summed E-state index contributed by atoms with van der Waals surface area (Å²) in [6.45, 7) is 3.00. The van der Waals surface area contributed by atoms with Crippen LogP contribution >= 0.6 is 0 Å². The maximum absolute atomic E-state index is 5.59. The SMILES string of the molecule is CCC(CCN)CCc1nnc(NC)n1C. The van der Waals surface area contributed by atoms with Crippen molar-refractivity contribution in [2.24, 2.45) is 18.7 Å². The van der Waals surface area contributed by atoms with E-state index in [2.05, 4.69) is 22.4 Å². The van der Waals surface area contributed by atoms with Crippen molar-refractivity contribution < 1.29 is 0 Å². The monoisotopic (exact) mass is 225 g/mol. The smallest absolute Gasteiger partial charge is 0.224 e. The second kappa shape index (κ2) is 6.48. The molecule has 1 atom stereocenters. The molecule has 1 aromatic heterocycles. The number of aromatic nitrogens is 3. The Kier molecular flexibility index (Phi) is 5.25. The Morgan fingerprint density at radius 3 is 2.62 bits per heavy atom. The van der Waals surface area contributed by atoms with Crippen molar-refractivity contribution in [1.82, 2.24) is 14.8 Å². The van der Waals surface area contributed by atoms with Crippen LogP contribution in [0.4, 0.5) is 5.95 Å². The Morgan fingerprint density at radius 1 is 1.38 bits per heavy atom. The van der Waals surface area contributed by atoms with Crippen molar-refractivity contribution in [3.8, 4) is 0 Å². The summed E-state index contributed by atoms with van der Waals surface area (Å²) in [7, 11) is 3.85. The summed E-state index contributed by atoms with van der Waals surface area (Å²) in [4.78, 5) is 0. The first-order valence-electron chi connectivity index (χ1n) is 5.99. The minimum Gasteiger partial charge on any atom is -0.357 e. The molecule has 0 bridgehead atoms. The zero-order valence-electron chi connectivity index (χ0n) is 10.5. The Labute approximate surface area is 97.4 Å². The van der Waals surface area contributed by atoms with Gasteiger partial charge in [-0.05, 0) is 25.3 Å². The quantitative estimate of drug-likeness (QED) is 0.730. The number of rotatable bonds is 7. The fourth-order valence-corrected chi connectivity index (χ4v) is 1.92. The highest BCUT2D eigenvalue weighted by atomic mass is 15.3. The second-order valence-corrected chi connectivity index (χ2v) is 4.14. The van der Waals surface area contributed by atoms with Crippen LogP contribution in [0.2, 0.25) is 0 Å². The van der Waals surface area contributed by atoms with Crippen molar-refractivity contribution in [3.63, 3.8) is 0 Å². The predicted octanol–water partition coefficient (Wildman–Crippen LogP) is 1.16. The standard InChI is InChI=1S/C11H23N5/c1-4-9(7-8-12)5-6-10-14-15-11(13-2)16(10)3/h9H,4-8,12H2,1-3H3,(H,13,15). The molecule has 92 valence electrons. The molecule has 16 heavy (non-hydrogen) atoms. The largest absolute Gasteiger partial charge is 0.357 e. The summed E-state index contributed by atoms with van der Waals surface area (Å²) in [5.74, 6) is 2.57. The highest BCUT2D eigenvalue weighted by molar-refractivity contribution is 5.23. The fraction of sp³-hybridized carbons (Fsp3) is 0.818. The van der Waals surface area contributed by atoms with Gasteiger partial charge in [0.15, 0.2) is 0 Å². The van der Waals surface area contributed by atoms with Gasteiger partial charge in [0.05, 0.1) is 0 Å². The Hall–Kier alpha value is -1.10. The first-order valence-corrected chi connectivity index (χ1v) is 5.99. The van der Waals surface area contributed by atoms with Gasteiger partial charge in [0.25, 0.3) is 0 Å². The van der Waals surface area contributed by atoms with Crippen LogP contribution in [-0.2, 0) is 13.5 Å². The van der Waals surface area contributed by atoms with Gasteiger partial charge < -0.3 is 15.6 Å². The van der Waals surface area contributed by atoms with E-state index in [9.17, 15) is 0 Å². The van der Waals surface area contributed by atoms with E-state index in [1.54, 1.807) is 0 Å². The molecule has 0 spiro atoms. The van der Waals surface area contributed by atoms with Crippen molar-refractivity contribution in [2.75, 3.05) is 18.9 Å². The first kappa shape index (κ1) is 13.0. The number of hydrogen-bond acceptors (Lipinski definition) is 4. The molecule has 0 saturated heterocycles. The van der Waals surface area contributed by atoms with Crippen LogP contribution in [0.5, 0.6) is 0 Å². The minimum absolute atomic E-state index is 0.708. The topological polar surface area (TPSA) is 68.8 Å². The summed E-state index contributed by atoms with van der Waals surface area (Å²) in [6, 6.07) is 0. The van der Waals surface area contributed by atoms with Gasteiger partial charge in [-0.2, -0.15) is 0 Å². The minimum atomic E-state index is 0.708. The predicted molar refractivity (Wildman–Crippen MR) is 66.3 cm³/mol. The summed E-state index contributed by atoms with van der Waals surface area (Å²) >= 11 is 0. The molecule has 1 heterocycles. The van der Waals surface area contributed by atoms with E-state index in [0.717, 1.165) is 37.6 Å². The van der Waals surface area contributed by atoms with Gasteiger partial charge in [0.2, 0.25) is 5.95 Å². The first-order chi connectivity index (χ1) is 7.72. The van der Waals surface area contributed by atoms with Gasteiger partial charge in [-0.3, -0.25) is 0 Å². The maximum Gasteiger partial charge on any atom is 0.224 e. The zero-order chi connectivity index (χ0) is 12.0. The highest BCUT2D eigenvalue weighted by Gasteiger charge is 2.10. The number of aryl methyl sites for hydroxylation is 1. The Morgan fingerprint density at radius 2 is 2.12 bits per heavy atom. The van der Waals surface area contributed by atoms with Gasteiger partial charge >= 0.3 is 0 Å². The van der Waals surface area contributed by atoms with E-state index in [0.29, 0.717) is 5.92 Å². The Balaban J connectivity index is 2.50. The third-order valence-electron chi connectivity index (χ3n) is 3.12. The van der Waals surface area contributed by atoms with Crippen LogP contribution < -0.4 is 11.1 Å². The molecule has 0 radical (unpaired) electrons. The molecule has 0 aliphatic rings. The lowest BCUT2D eigenvalue weighted by Crippen LogP contribution is -2.10. The van der Waals surface area contributed by atoms with Crippen molar-refractivity contribution >= 4 is 5.95 Å². The number of anilines is 1. The van der Waals surface area contributed by atoms with Crippen LogP contribution in [-0.4, -0.2) is 28.4 Å². The third kappa shape index (κ3) is 3.20. The van der Waals surface area contributed by atoms with Crippen molar-refractivity contribution in [2.45, 2.75) is 32.6 Å². The van der Waals surface area contributed by atoms with Gasteiger partial charge in [-0.25, -0.2) is 0 Å². The van der Waals surface area contributed by atoms with E-state index in [1.165, 1.54) is 6.42 Å². The molecule has 0 aromatic carbocycles. The molecule has 0 aliphatic heterocycles. The molecular weight excluding hydrogens is 202 g/mol. The summed E-state index contributed by atoms with van der Waals surface area (Å²) in [6.07, 6.45) is 4.41. The van der Waals surface area contributed by atoms with Gasteiger partial charge in [-0.1, -0.05) is 13.3 Å². The van der Waals surface area contributed by atoms with Crippen LogP contribution in [0.25, 0.3) is 0 Å². The molecule has 0 saturated carbocycles. The molecular formula is C11H23N5. The number of nitrogens with two attached hydrogens (primary N) is 1. The molecule has 5 nitrogen and oxygen atoms in total. The highest BCUT2D eigenvalue weighted by Crippen LogP contribution is 2.16. The summed E-state index contributed by atoms with van der Waals surface area (Å²) in [5, 5.41) is 11.2. The van der Waals surface area contributed by atoms with E-state index in [-0.39, 0.29) is 0 Å². The summed E-state index contributed by atoms with van der Waals surface area (Å²) < 4.78 is 2.01. The molecule has 1 aromatic rings. The second-order valence-electron chi connectivity index (χ2n) is 4.14. The molecule has 0 fully saturated rings. The normalized spacial score (nSPS) is 12.8. The lowest BCUT2D eigenvalue weighted by molar-refractivity contribution is 0.436. The third-order valence-corrected chi connectivity index (χ3v) is 3.12. The van der Waals surface area contributed by atoms with Crippen LogP contribution in [0.3, 0.4) is 0 Å². The van der Waals surface area contributed by atoms with E-state index in [4.69, 9.17) is 5.73 Å². The number of nitrogens with one attached hydrogen (secondary N) is 1. The lowest BCUT2D eigenvalue weighted by Gasteiger charge is -2.12. The van der Waals surface area contributed by atoms with Crippen LogP contribution in [0, 0.1) is 5.92 Å². The van der Waals surface area contributed by atoms with Crippen molar-refractivity contribution in [3.05, 3.63) is 5.82 Å². The number of hydrogen-bond donors (Lipinski definition) is 2. The molecule has 5 heteroatoms. The van der Waals surface area contributed by atoms with Gasteiger partial charge in [0, 0.05) is 20.5 Å². The average molecular weight is 225 g/mol. The zero-order valence-corrected chi connectivity index (χ0v) is 10.5. The van der Waals surface area contributed by atoms with E-state index in [1.807, 2.05) is 18.7 Å². The van der Waals surface area contributed by atoms with Crippen molar-refractivity contribution in [1.29, 1.82) is 0 Å². The molecule has 1 unspecified atom stereocenters. The molecule has 0 amide bonds. The fourth-order valence-electron chi connectivity index (χ4n) is 1.92. The lowest BCUT2D eigenvalue weighted by atomic mass is 9.96. The van der Waals surface area contributed by atoms with Crippen LogP contribution in [0.1, 0.15) is 32.0 Å².